The van der Waals surface area contributed by atoms with Crippen LogP contribution in [0.2, 0.25) is 0 Å². The number of carbonyl (C=O) groups is 1. The second kappa shape index (κ2) is 8.14. The van der Waals surface area contributed by atoms with Crippen LogP contribution in [0.3, 0.4) is 0 Å². The van der Waals surface area contributed by atoms with E-state index in [4.69, 9.17) is 4.74 Å². The SMILES string of the molecule is Cc1ccc(NC(=O)[C@@H](Oc2ccccc2[N+](=O)[O-])c2ccccc2)cc1. The highest BCUT2D eigenvalue weighted by molar-refractivity contribution is 5.95. The van der Waals surface area contributed by atoms with Crippen LogP contribution in [0.4, 0.5) is 11.4 Å². The number of nitro groups is 1. The summed E-state index contributed by atoms with van der Waals surface area (Å²) in [5, 5.41) is 14.1. The third kappa shape index (κ3) is 4.49. The van der Waals surface area contributed by atoms with Crippen LogP contribution < -0.4 is 10.1 Å². The van der Waals surface area contributed by atoms with E-state index in [1.165, 1.54) is 12.1 Å². The lowest BCUT2D eigenvalue weighted by atomic mass is 10.1. The number of para-hydroxylation sites is 2. The molecule has 0 heterocycles. The number of nitro benzene ring substituents is 1. The molecule has 0 unspecified atom stereocenters. The second-order valence-electron chi connectivity index (χ2n) is 5.99. The number of hydrogen-bond donors (Lipinski definition) is 1. The van der Waals surface area contributed by atoms with Crippen LogP contribution in [-0.2, 0) is 4.79 Å². The lowest BCUT2D eigenvalue weighted by Gasteiger charge is -2.19. The zero-order valence-corrected chi connectivity index (χ0v) is 14.7. The summed E-state index contributed by atoms with van der Waals surface area (Å²) in [4.78, 5) is 23.6. The van der Waals surface area contributed by atoms with Crippen LogP contribution in [0, 0.1) is 17.0 Å². The summed E-state index contributed by atoms with van der Waals surface area (Å²) in [7, 11) is 0. The van der Waals surface area contributed by atoms with Crippen molar-refractivity contribution in [3.63, 3.8) is 0 Å². The van der Waals surface area contributed by atoms with Gasteiger partial charge in [-0.1, -0.05) is 60.2 Å². The Bertz CT molecular complexity index is 940. The van der Waals surface area contributed by atoms with Gasteiger partial charge >= 0.3 is 5.69 Å². The Morgan fingerprint density at radius 3 is 2.26 bits per heavy atom. The van der Waals surface area contributed by atoms with Gasteiger partial charge in [-0.15, -0.1) is 0 Å². The van der Waals surface area contributed by atoms with Gasteiger partial charge in [-0.2, -0.15) is 0 Å². The molecule has 0 aliphatic heterocycles. The molecular formula is C21H18N2O4. The van der Waals surface area contributed by atoms with Crippen LogP contribution in [0.25, 0.3) is 0 Å². The number of nitrogens with one attached hydrogen (secondary N) is 1. The fraction of sp³-hybridized carbons (Fsp3) is 0.0952. The first kappa shape index (κ1) is 18.1. The molecule has 0 spiro atoms. The van der Waals surface area contributed by atoms with Gasteiger partial charge in [0, 0.05) is 17.3 Å². The van der Waals surface area contributed by atoms with Gasteiger partial charge in [-0.3, -0.25) is 14.9 Å². The maximum Gasteiger partial charge on any atom is 0.310 e. The molecule has 3 rings (SSSR count). The Balaban J connectivity index is 1.91. The molecule has 0 aromatic heterocycles. The van der Waals surface area contributed by atoms with Crippen LogP contribution in [0.5, 0.6) is 5.75 Å². The summed E-state index contributed by atoms with van der Waals surface area (Å²) < 4.78 is 5.80. The van der Waals surface area contributed by atoms with E-state index in [1.807, 2.05) is 25.1 Å². The number of benzene rings is 3. The van der Waals surface area contributed by atoms with Crippen LogP contribution >= 0.6 is 0 Å². The van der Waals surface area contributed by atoms with Crippen LogP contribution in [0.1, 0.15) is 17.2 Å². The molecule has 0 aliphatic rings. The minimum Gasteiger partial charge on any atom is -0.469 e. The molecule has 0 radical (unpaired) electrons. The van der Waals surface area contributed by atoms with Gasteiger partial charge in [0.25, 0.3) is 5.91 Å². The summed E-state index contributed by atoms with van der Waals surface area (Å²) in [5.41, 5.74) is 2.10. The predicted molar refractivity (Wildman–Crippen MR) is 103 cm³/mol. The second-order valence-corrected chi connectivity index (χ2v) is 5.99. The first-order chi connectivity index (χ1) is 13.0. The number of hydrogen-bond acceptors (Lipinski definition) is 4. The highest BCUT2D eigenvalue weighted by Crippen LogP contribution is 2.31. The third-order valence-corrected chi connectivity index (χ3v) is 3.97. The van der Waals surface area contributed by atoms with E-state index in [0.29, 0.717) is 11.3 Å². The molecule has 1 atom stereocenters. The molecule has 136 valence electrons. The highest BCUT2D eigenvalue weighted by Gasteiger charge is 2.26. The third-order valence-electron chi connectivity index (χ3n) is 3.97. The van der Waals surface area contributed by atoms with Crippen LogP contribution in [0.15, 0.2) is 78.9 Å². The number of aryl methyl sites for hydroxylation is 1. The van der Waals surface area contributed by atoms with E-state index >= 15 is 0 Å². The molecule has 1 amide bonds. The Labute approximate surface area is 156 Å². The standard InChI is InChI=1S/C21H18N2O4/c1-15-11-13-17(14-12-15)22-21(24)20(16-7-3-2-4-8-16)27-19-10-6-5-9-18(19)23(25)26/h2-14,20H,1H3,(H,22,24)/t20-/m0/s1. The van der Waals surface area contributed by atoms with Gasteiger partial charge in [0.2, 0.25) is 6.10 Å². The maximum absolute atomic E-state index is 12.9. The van der Waals surface area contributed by atoms with Crippen molar-refractivity contribution in [1.29, 1.82) is 0 Å². The zero-order valence-electron chi connectivity index (χ0n) is 14.7. The molecule has 0 saturated carbocycles. The van der Waals surface area contributed by atoms with Crippen molar-refractivity contribution in [2.24, 2.45) is 0 Å². The fourth-order valence-electron chi connectivity index (χ4n) is 2.58. The summed E-state index contributed by atoms with van der Waals surface area (Å²) >= 11 is 0. The molecular weight excluding hydrogens is 344 g/mol. The lowest BCUT2D eigenvalue weighted by Crippen LogP contribution is -2.26. The number of carbonyl (C=O) groups excluding carboxylic acids is 1. The first-order valence-electron chi connectivity index (χ1n) is 8.37. The molecule has 6 nitrogen and oxygen atoms in total. The van der Waals surface area contributed by atoms with Crippen LogP contribution in [-0.4, -0.2) is 10.8 Å². The van der Waals surface area contributed by atoms with E-state index in [9.17, 15) is 14.9 Å². The number of rotatable bonds is 6. The van der Waals surface area contributed by atoms with Gasteiger partial charge in [0.1, 0.15) is 0 Å². The highest BCUT2D eigenvalue weighted by atomic mass is 16.6. The van der Waals surface area contributed by atoms with Crippen molar-refractivity contribution in [3.8, 4) is 5.75 Å². The Morgan fingerprint density at radius 2 is 1.59 bits per heavy atom. The molecule has 1 N–H and O–H groups in total. The number of ether oxygens (including phenoxy) is 1. The predicted octanol–water partition coefficient (Wildman–Crippen LogP) is 4.66. The van der Waals surface area contributed by atoms with Gasteiger partial charge in [0.05, 0.1) is 4.92 Å². The summed E-state index contributed by atoms with van der Waals surface area (Å²) in [5.74, 6) is -0.376. The molecule has 0 saturated heterocycles. The number of anilines is 1. The number of nitrogens with zero attached hydrogens (tertiary/aromatic N) is 1. The first-order valence-corrected chi connectivity index (χ1v) is 8.37. The van der Waals surface area contributed by atoms with E-state index in [2.05, 4.69) is 5.32 Å². The molecule has 3 aromatic rings. The van der Waals surface area contributed by atoms with Crippen molar-refractivity contribution in [3.05, 3.63) is 100 Å². The van der Waals surface area contributed by atoms with Crippen molar-refractivity contribution in [2.45, 2.75) is 13.0 Å². The van der Waals surface area contributed by atoms with Crippen molar-refractivity contribution >= 4 is 17.3 Å². The summed E-state index contributed by atoms with van der Waals surface area (Å²) in [6.07, 6.45) is -1.03. The monoisotopic (exact) mass is 362 g/mol. The fourth-order valence-corrected chi connectivity index (χ4v) is 2.58. The Hall–Kier alpha value is -3.67. The van der Waals surface area contributed by atoms with Gasteiger partial charge in [-0.05, 0) is 25.1 Å². The molecule has 0 aliphatic carbocycles. The van der Waals surface area contributed by atoms with Crippen molar-refractivity contribution in [2.75, 3.05) is 5.32 Å². The topological polar surface area (TPSA) is 81.5 Å². The van der Waals surface area contributed by atoms with Crippen molar-refractivity contribution in [1.82, 2.24) is 0 Å². The van der Waals surface area contributed by atoms with E-state index in [1.54, 1.807) is 48.5 Å². The smallest absolute Gasteiger partial charge is 0.310 e. The molecule has 6 heteroatoms. The largest absolute Gasteiger partial charge is 0.469 e. The molecule has 0 bridgehead atoms. The Morgan fingerprint density at radius 1 is 0.963 bits per heavy atom. The minimum absolute atomic E-state index is 0.0374. The summed E-state index contributed by atoms with van der Waals surface area (Å²) in [6.45, 7) is 1.95. The molecule has 0 fully saturated rings. The average molecular weight is 362 g/mol. The average Bonchev–Trinajstić information content (AvgIpc) is 2.68. The van der Waals surface area contributed by atoms with E-state index < -0.39 is 16.9 Å². The quantitative estimate of drug-likeness (QED) is 0.511. The summed E-state index contributed by atoms with van der Waals surface area (Å²) in [6, 6.07) is 22.2. The normalized spacial score (nSPS) is 11.4. The maximum atomic E-state index is 12.9. The molecule has 3 aromatic carbocycles. The molecule has 27 heavy (non-hydrogen) atoms. The zero-order chi connectivity index (χ0) is 19.2. The van der Waals surface area contributed by atoms with Gasteiger partial charge < -0.3 is 10.1 Å². The van der Waals surface area contributed by atoms with Gasteiger partial charge in [-0.25, -0.2) is 0 Å². The minimum atomic E-state index is -1.03. The van der Waals surface area contributed by atoms with E-state index in [0.717, 1.165) is 5.56 Å². The van der Waals surface area contributed by atoms with E-state index in [-0.39, 0.29) is 11.4 Å². The van der Waals surface area contributed by atoms with Gasteiger partial charge in [0.15, 0.2) is 5.75 Å². The van der Waals surface area contributed by atoms with Crippen molar-refractivity contribution < 1.29 is 14.5 Å². The lowest BCUT2D eigenvalue weighted by molar-refractivity contribution is -0.386. The Kier molecular flexibility index (Phi) is 5.47. The number of amides is 1.